The van der Waals surface area contributed by atoms with Crippen molar-refractivity contribution in [2.75, 3.05) is 5.73 Å². The maximum atomic E-state index is 5.81. The topological polar surface area (TPSA) is 38.9 Å². The number of aromatic nitrogens is 1. The van der Waals surface area contributed by atoms with Crippen molar-refractivity contribution in [3.63, 3.8) is 0 Å². The number of benzene rings is 1. The summed E-state index contributed by atoms with van der Waals surface area (Å²) >= 11 is 5.81. The molecule has 0 aliphatic rings. The second-order valence-electron chi connectivity index (χ2n) is 3.20. The van der Waals surface area contributed by atoms with Crippen LogP contribution in [-0.2, 0) is 0 Å². The van der Waals surface area contributed by atoms with Crippen LogP contribution in [0.5, 0.6) is 0 Å². The van der Waals surface area contributed by atoms with Crippen LogP contribution < -0.4 is 5.73 Å². The lowest BCUT2D eigenvalue weighted by Crippen LogP contribution is -1.93. The van der Waals surface area contributed by atoms with E-state index in [1.165, 1.54) is 6.20 Å². The van der Waals surface area contributed by atoms with Crippen LogP contribution in [0.2, 0.25) is 5.02 Å². The van der Waals surface area contributed by atoms with Gasteiger partial charge in [0, 0.05) is 11.8 Å². The third-order valence-corrected chi connectivity index (χ3v) is 2.21. The van der Waals surface area contributed by atoms with E-state index in [4.69, 9.17) is 17.3 Å². The van der Waals surface area contributed by atoms with Crippen molar-refractivity contribution < 1.29 is 0 Å². The Hall–Kier alpha value is -1.98. The number of hydrogen-bond donors (Lipinski definition) is 1. The highest BCUT2D eigenvalue weighted by atomic mass is 35.5. The minimum atomic E-state index is 0.396. The summed E-state index contributed by atoms with van der Waals surface area (Å²) in [7, 11) is 0. The number of nitrogen functional groups attached to an aromatic ring is 1. The number of anilines is 1. The molecule has 0 aliphatic carbocycles. The first-order valence-corrected chi connectivity index (χ1v) is 5.11. The van der Waals surface area contributed by atoms with Gasteiger partial charge in [0.1, 0.15) is 5.82 Å². The van der Waals surface area contributed by atoms with E-state index in [1.54, 1.807) is 6.07 Å². The average Bonchev–Trinajstić information content (AvgIpc) is 2.32. The van der Waals surface area contributed by atoms with Gasteiger partial charge >= 0.3 is 0 Å². The highest BCUT2D eigenvalue weighted by molar-refractivity contribution is 6.30. The van der Waals surface area contributed by atoms with Crippen molar-refractivity contribution >= 4 is 17.4 Å². The van der Waals surface area contributed by atoms with Crippen LogP contribution in [-0.4, -0.2) is 4.98 Å². The number of nitrogens with zero attached hydrogens (tertiary/aromatic N) is 1. The molecule has 0 saturated carbocycles. The molecule has 3 heteroatoms. The van der Waals surface area contributed by atoms with E-state index in [2.05, 4.69) is 16.8 Å². The van der Waals surface area contributed by atoms with Gasteiger partial charge in [-0.3, -0.25) is 0 Å². The summed E-state index contributed by atoms with van der Waals surface area (Å²) in [4.78, 5) is 3.93. The largest absolute Gasteiger partial charge is 0.383 e. The minimum Gasteiger partial charge on any atom is -0.383 e. The predicted molar refractivity (Wildman–Crippen MR) is 66.1 cm³/mol. The van der Waals surface area contributed by atoms with Crippen molar-refractivity contribution in [2.24, 2.45) is 0 Å². The van der Waals surface area contributed by atoms with Gasteiger partial charge in [-0.05, 0) is 18.2 Å². The summed E-state index contributed by atoms with van der Waals surface area (Å²) in [5.74, 6) is 6.34. The van der Waals surface area contributed by atoms with E-state index in [0.717, 1.165) is 5.56 Å². The van der Waals surface area contributed by atoms with Crippen LogP contribution in [0.1, 0.15) is 11.1 Å². The number of hydrogen-bond acceptors (Lipinski definition) is 2. The van der Waals surface area contributed by atoms with Gasteiger partial charge < -0.3 is 5.73 Å². The first-order chi connectivity index (χ1) is 7.75. The van der Waals surface area contributed by atoms with E-state index >= 15 is 0 Å². The van der Waals surface area contributed by atoms with Gasteiger partial charge in [-0.2, -0.15) is 0 Å². The van der Waals surface area contributed by atoms with Gasteiger partial charge in [0.2, 0.25) is 0 Å². The second kappa shape index (κ2) is 4.69. The average molecular weight is 229 g/mol. The molecule has 78 valence electrons. The Morgan fingerprint density at radius 2 is 1.88 bits per heavy atom. The summed E-state index contributed by atoms with van der Waals surface area (Å²) in [5, 5.41) is 0.534. The van der Waals surface area contributed by atoms with Gasteiger partial charge in [0.05, 0.1) is 10.6 Å². The Kier molecular flexibility index (Phi) is 3.09. The lowest BCUT2D eigenvalue weighted by molar-refractivity contribution is 1.32. The van der Waals surface area contributed by atoms with E-state index in [0.29, 0.717) is 16.4 Å². The first kappa shape index (κ1) is 10.5. The maximum Gasteiger partial charge on any atom is 0.139 e. The standard InChI is InChI=1S/C13H9ClN2/c14-12-8-11(13(15)16-9-12)7-6-10-4-2-1-3-5-10/h1-5,8-9H,(H2,15,16). The van der Waals surface area contributed by atoms with Crippen LogP contribution in [0.15, 0.2) is 42.6 Å². The summed E-state index contributed by atoms with van der Waals surface area (Å²) in [6.45, 7) is 0. The van der Waals surface area contributed by atoms with Gasteiger partial charge in [0.25, 0.3) is 0 Å². The van der Waals surface area contributed by atoms with E-state index in [1.807, 2.05) is 30.3 Å². The molecular weight excluding hydrogens is 220 g/mol. The molecule has 0 spiro atoms. The van der Waals surface area contributed by atoms with E-state index in [9.17, 15) is 0 Å². The molecule has 0 radical (unpaired) electrons. The molecule has 1 aromatic carbocycles. The van der Waals surface area contributed by atoms with Crippen LogP contribution in [0.4, 0.5) is 5.82 Å². The molecule has 0 aliphatic heterocycles. The van der Waals surface area contributed by atoms with Gasteiger partial charge in [-0.1, -0.05) is 41.6 Å². The normalized spacial score (nSPS) is 9.31. The lowest BCUT2D eigenvalue weighted by Gasteiger charge is -1.96. The quantitative estimate of drug-likeness (QED) is 0.705. The molecule has 2 N–H and O–H groups in total. The molecule has 0 atom stereocenters. The SMILES string of the molecule is Nc1ncc(Cl)cc1C#Cc1ccccc1. The minimum absolute atomic E-state index is 0.396. The predicted octanol–water partition coefficient (Wildman–Crippen LogP) is 2.72. The number of nitrogens with two attached hydrogens (primary N) is 1. The maximum absolute atomic E-state index is 5.81. The summed E-state index contributed by atoms with van der Waals surface area (Å²) < 4.78 is 0. The van der Waals surface area contributed by atoms with Gasteiger partial charge in [-0.15, -0.1) is 0 Å². The van der Waals surface area contributed by atoms with Crippen molar-refractivity contribution in [3.05, 3.63) is 58.7 Å². The van der Waals surface area contributed by atoms with Crippen molar-refractivity contribution in [2.45, 2.75) is 0 Å². The molecule has 0 unspecified atom stereocenters. The zero-order valence-corrected chi connectivity index (χ0v) is 9.20. The molecular formula is C13H9ClN2. The highest BCUT2D eigenvalue weighted by Gasteiger charge is 1.97. The molecule has 2 rings (SSSR count). The molecule has 0 bridgehead atoms. The van der Waals surface area contributed by atoms with Crippen molar-refractivity contribution in [1.82, 2.24) is 4.98 Å². The molecule has 0 saturated heterocycles. The molecule has 1 aromatic heterocycles. The fraction of sp³-hybridized carbons (Fsp3) is 0. The van der Waals surface area contributed by atoms with Crippen LogP contribution in [0, 0.1) is 11.8 Å². The summed E-state index contributed by atoms with van der Waals surface area (Å²) in [6, 6.07) is 11.4. The Morgan fingerprint density at radius 3 is 2.62 bits per heavy atom. The number of rotatable bonds is 0. The van der Waals surface area contributed by atoms with Crippen molar-refractivity contribution in [3.8, 4) is 11.8 Å². The Balaban J connectivity index is 2.34. The third-order valence-electron chi connectivity index (χ3n) is 2.00. The molecule has 0 fully saturated rings. The van der Waals surface area contributed by atoms with Crippen molar-refractivity contribution in [1.29, 1.82) is 0 Å². The number of pyridine rings is 1. The molecule has 16 heavy (non-hydrogen) atoms. The van der Waals surface area contributed by atoms with E-state index < -0.39 is 0 Å². The van der Waals surface area contributed by atoms with Crippen LogP contribution >= 0.6 is 11.6 Å². The summed E-state index contributed by atoms with van der Waals surface area (Å²) in [6.07, 6.45) is 1.50. The zero-order chi connectivity index (χ0) is 11.4. The third kappa shape index (κ3) is 2.53. The highest BCUT2D eigenvalue weighted by Crippen LogP contribution is 2.13. The Morgan fingerprint density at radius 1 is 1.12 bits per heavy atom. The second-order valence-corrected chi connectivity index (χ2v) is 3.64. The smallest absolute Gasteiger partial charge is 0.139 e. The Labute approximate surface area is 99.1 Å². The van der Waals surface area contributed by atoms with E-state index in [-0.39, 0.29) is 0 Å². The van der Waals surface area contributed by atoms with Crippen LogP contribution in [0.3, 0.4) is 0 Å². The fourth-order valence-electron chi connectivity index (χ4n) is 1.21. The molecule has 2 aromatic rings. The molecule has 0 amide bonds. The Bertz CT molecular complexity index is 553. The molecule has 2 nitrogen and oxygen atoms in total. The monoisotopic (exact) mass is 228 g/mol. The van der Waals surface area contributed by atoms with Gasteiger partial charge in [0.15, 0.2) is 0 Å². The van der Waals surface area contributed by atoms with Gasteiger partial charge in [-0.25, -0.2) is 4.98 Å². The fourth-order valence-corrected chi connectivity index (χ4v) is 1.37. The lowest BCUT2D eigenvalue weighted by atomic mass is 10.2. The number of halogens is 1. The molecule has 1 heterocycles. The van der Waals surface area contributed by atoms with Crippen LogP contribution in [0.25, 0.3) is 0 Å². The first-order valence-electron chi connectivity index (χ1n) is 4.74. The summed E-state index contributed by atoms with van der Waals surface area (Å²) in [5.41, 5.74) is 7.26. The zero-order valence-electron chi connectivity index (χ0n) is 8.44.